The number of benzene rings is 1. The maximum absolute atomic E-state index is 4.29. The maximum atomic E-state index is 4.29. The first-order chi connectivity index (χ1) is 8.75. The Morgan fingerprint density at radius 3 is 2.61 bits per heavy atom. The molecule has 0 atom stereocenters. The van der Waals surface area contributed by atoms with Crippen molar-refractivity contribution in [1.82, 2.24) is 15.3 Å². The van der Waals surface area contributed by atoms with Crippen molar-refractivity contribution in [2.24, 2.45) is 0 Å². The molecule has 1 aromatic heterocycles. The molecule has 0 radical (unpaired) electrons. The Morgan fingerprint density at radius 2 is 1.94 bits per heavy atom. The minimum absolute atomic E-state index is 0.707. The second-order valence-corrected chi connectivity index (χ2v) is 4.22. The van der Waals surface area contributed by atoms with Crippen LogP contribution in [-0.2, 0) is 6.54 Å². The van der Waals surface area contributed by atoms with Gasteiger partial charge in [-0.05, 0) is 18.1 Å². The van der Waals surface area contributed by atoms with Crippen LogP contribution in [0.4, 0.5) is 0 Å². The van der Waals surface area contributed by atoms with E-state index in [1.807, 2.05) is 25.1 Å². The zero-order valence-electron chi connectivity index (χ0n) is 10.6. The SMILES string of the molecule is C=C(CNCc1cnc(C)cn1)c1ccccc1. The normalized spacial score (nSPS) is 10.3. The van der Waals surface area contributed by atoms with Crippen LogP contribution in [0.25, 0.3) is 5.57 Å². The van der Waals surface area contributed by atoms with Crippen molar-refractivity contribution in [3.63, 3.8) is 0 Å². The third-order valence-corrected chi connectivity index (χ3v) is 2.66. The van der Waals surface area contributed by atoms with E-state index in [1.165, 1.54) is 5.56 Å². The Labute approximate surface area is 108 Å². The fraction of sp³-hybridized carbons (Fsp3) is 0.200. The highest BCUT2D eigenvalue weighted by Crippen LogP contribution is 2.10. The van der Waals surface area contributed by atoms with Crippen molar-refractivity contribution in [2.45, 2.75) is 13.5 Å². The van der Waals surface area contributed by atoms with Crippen LogP contribution in [0.15, 0.2) is 49.3 Å². The van der Waals surface area contributed by atoms with E-state index in [-0.39, 0.29) is 0 Å². The molecule has 0 saturated heterocycles. The third-order valence-electron chi connectivity index (χ3n) is 2.66. The van der Waals surface area contributed by atoms with Crippen LogP contribution in [0.1, 0.15) is 17.0 Å². The van der Waals surface area contributed by atoms with E-state index in [2.05, 4.69) is 34.0 Å². The average Bonchev–Trinajstić information content (AvgIpc) is 2.42. The van der Waals surface area contributed by atoms with Crippen LogP contribution < -0.4 is 5.32 Å². The Bertz CT molecular complexity index is 503. The van der Waals surface area contributed by atoms with Crippen molar-refractivity contribution in [3.05, 3.63) is 66.3 Å². The van der Waals surface area contributed by atoms with E-state index in [0.717, 1.165) is 23.5 Å². The van der Waals surface area contributed by atoms with Crippen LogP contribution >= 0.6 is 0 Å². The lowest BCUT2D eigenvalue weighted by Gasteiger charge is -2.07. The molecular formula is C15H17N3. The molecule has 3 nitrogen and oxygen atoms in total. The van der Waals surface area contributed by atoms with Gasteiger partial charge in [0.15, 0.2) is 0 Å². The summed E-state index contributed by atoms with van der Waals surface area (Å²) in [6.07, 6.45) is 3.58. The molecule has 18 heavy (non-hydrogen) atoms. The van der Waals surface area contributed by atoms with Crippen molar-refractivity contribution < 1.29 is 0 Å². The number of hydrogen-bond acceptors (Lipinski definition) is 3. The first-order valence-corrected chi connectivity index (χ1v) is 5.97. The molecule has 0 aliphatic carbocycles. The minimum atomic E-state index is 0.707. The summed E-state index contributed by atoms with van der Waals surface area (Å²) in [4.78, 5) is 8.50. The van der Waals surface area contributed by atoms with Crippen molar-refractivity contribution in [3.8, 4) is 0 Å². The number of nitrogens with one attached hydrogen (secondary N) is 1. The molecule has 0 saturated carbocycles. The van der Waals surface area contributed by atoms with Crippen molar-refractivity contribution in [1.29, 1.82) is 0 Å². The van der Waals surface area contributed by atoms with E-state index >= 15 is 0 Å². The highest BCUT2D eigenvalue weighted by Gasteiger charge is 1.99. The molecular weight excluding hydrogens is 222 g/mol. The van der Waals surface area contributed by atoms with E-state index in [9.17, 15) is 0 Å². The van der Waals surface area contributed by atoms with Crippen molar-refractivity contribution in [2.75, 3.05) is 6.54 Å². The first kappa shape index (κ1) is 12.5. The van der Waals surface area contributed by atoms with E-state index < -0.39 is 0 Å². The van der Waals surface area contributed by atoms with Gasteiger partial charge in [0.1, 0.15) is 0 Å². The molecule has 0 unspecified atom stereocenters. The lowest BCUT2D eigenvalue weighted by atomic mass is 10.1. The van der Waals surface area contributed by atoms with Gasteiger partial charge in [0.25, 0.3) is 0 Å². The molecule has 1 N–H and O–H groups in total. The molecule has 0 aliphatic rings. The van der Waals surface area contributed by atoms with Crippen LogP contribution in [0.2, 0.25) is 0 Å². The van der Waals surface area contributed by atoms with Gasteiger partial charge in [0.2, 0.25) is 0 Å². The summed E-state index contributed by atoms with van der Waals surface area (Å²) in [5, 5.41) is 3.32. The molecule has 1 aromatic carbocycles. The highest BCUT2D eigenvalue weighted by molar-refractivity contribution is 5.64. The molecule has 92 valence electrons. The molecule has 0 aliphatic heterocycles. The number of nitrogens with zero attached hydrogens (tertiary/aromatic N) is 2. The Kier molecular flexibility index (Phi) is 4.20. The standard InChI is InChI=1S/C15H17N3/c1-12(14-6-4-3-5-7-14)8-16-10-15-11-17-13(2)9-18-15/h3-7,9,11,16H,1,8,10H2,2H3. The average molecular weight is 239 g/mol. The summed E-state index contributed by atoms with van der Waals surface area (Å²) in [6, 6.07) is 10.2. The Hall–Kier alpha value is -2.00. The second kappa shape index (κ2) is 6.07. The van der Waals surface area contributed by atoms with Crippen LogP contribution in [0.3, 0.4) is 0 Å². The molecule has 0 spiro atoms. The van der Waals surface area contributed by atoms with E-state index in [0.29, 0.717) is 6.54 Å². The lowest BCUT2D eigenvalue weighted by Crippen LogP contribution is -2.16. The summed E-state index contributed by atoms with van der Waals surface area (Å²) in [5.74, 6) is 0. The van der Waals surface area contributed by atoms with Gasteiger partial charge < -0.3 is 5.32 Å². The predicted octanol–water partition coefficient (Wildman–Crippen LogP) is 2.59. The van der Waals surface area contributed by atoms with Gasteiger partial charge in [-0.25, -0.2) is 0 Å². The monoisotopic (exact) mass is 239 g/mol. The molecule has 0 fully saturated rings. The Balaban J connectivity index is 1.82. The lowest BCUT2D eigenvalue weighted by molar-refractivity contribution is 0.741. The minimum Gasteiger partial charge on any atom is -0.307 e. The number of aryl methyl sites for hydroxylation is 1. The first-order valence-electron chi connectivity index (χ1n) is 5.97. The summed E-state index contributed by atoms with van der Waals surface area (Å²) >= 11 is 0. The number of rotatable bonds is 5. The smallest absolute Gasteiger partial charge is 0.0724 e. The summed E-state index contributed by atoms with van der Waals surface area (Å²) in [6.45, 7) is 7.46. The van der Waals surface area contributed by atoms with Gasteiger partial charge in [0.05, 0.1) is 11.4 Å². The van der Waals surface area contributed by atoms with Crippen molar-refractivity contribution >= 4 is 5.57 Å². The quantitative estimate of drug-likeness (QED) is 0.871. The molecule has 1 heterocycles. The summed E-state index contributed by atoms with van der Waals surface area (Å²) in [7, 11) is 0. The van der Waals surface area contributed by atoms with E-state index in [4.69, 9.17) is 0 Å². The number of hydrogen-bond donors (Lipinski definition) is 1. The summed E-state index contributed by atoms with van der Waals surface area (Å²) < 4.78 is 0. The molecule has 2 rings (SSSR count). The fourth-order valence-corrected chi connectivity index (χ4v) is 1.63. The maximum Gasteiger partial charge on any atom is 0.0724 e. The molecule has 0 bridgehead atoms. The van der Waals surface area contributed by atoms with E-state index in [1.54, 1.807) is 12.4 Å². The fourth-order valence-electron chi connectivity index (χ4n) is 1.63. The predicted molar refractivity (Wildman–Crippen MR) is 74.0 cm³/mol. The second-order valence-electron chi connectivity index (χ2n) is 4.22. The van der Waals surface area contributed by atoms with Gasteiger partial charge in [0, 0.05) is 25.5 Å². The van der Waals surface area contributed by atoms with Crippen LogP contribution in [-0.4, -0.2) is 16.5 Å². The highest BCUT2D eigenvalue weighted by atomic mass is 14.9. The number of aromatic nitrogens is 2. The molecule has 2 aromatic rings. The molecule has 3 heteroatoms. The third kappa shape index (κ3) is 3.50. The van der Waals surface area contributed by atoms with Gasteiger partial charge in [-0.3, -0.25) is 9.97 Å². The largest absolute Gasteiger partial charge is 0.307 e. The zero-order chi connectivity index (χ0) is 12.8. The van der Waals surface area contributed by atoms with Gasteiger partial charge in [-0.2, -0.15) is 0 Å². The summed E-state index contributed by atoms with van der Waals surface area (Å²) in [5.41, 5.74) is 4.13. The van der Waals surface area contributed by atoms with Gasteiger partial charge >= 0.3 is 0 Å². The van der Waals surface area contributed by atoms with Gasteiger partial charge in [-0.1, -0.05) is 36.9 Å². The van der Waals surface area contributed by atoms with Crippen LogP contribution in [0.5, 0.6) is 0 Å². The van der Waals surface area contributed by atoms with Gasteiger partial charge in [-0.15, -0.1) is 0 Å². The zero-order valence-corrected chi connectivity index (χ0v) is 10.6. The van der Waals surface area contributed by atoms with Crippen LogP contribution in [0, 0.1) is 6.92 Å². The topological polar surface area (TPSA) is 37.8 Å². The molecule has 0 amide bonds. The Morgan fingerprint density at radius 1 is 1.17 bits per heavy atom.